The van der Waals surface area contributed by atoms with Crippen molar-refractivity contribution in [2.45, 2.75) is 56.5 Å². The SMILES string of the molecule is C[C@H](CC1(c2nnc(-c3ccc(F)cc3)[nH]2)c2ccc(C(N)=O)cc2CCc2cc(C(N)=O)ccc21)NCC(=O)N1CCCC1C#N. The van der Waals surface area contributed by atoms with E-state index in [9.17, 15) is 24.0 Å². The van der Waals surface area contributed by atoms with Crippen molar-refractivity contribution in [1.29, 1.82) is 5.26 Å². The normalized spacial score (nSPS) is 17.2. The Morgan fingerprint density at radius 3 is 2.21 bits per heavy atom. The molecule has 2 atom stereocenters. The van der Waals surface area contributed by atoms with Gasteiger partial charge in [-0.3, -0.25) is 14.4 Å². The van der Waals surface area contributed by atoms with E-state index < -0.39 is 23.3 Å². The van der Waals surface area contributed by atoms with Crippen LogP contribution in [0.15, 0.2) is 60.7 Å². The first kappa shape index (κ1) is 31.6. The first-order chi connectivity index (χ1) is 22.6. The Kier molecular flexibility index (Phi) is 8.58. The van der Waals surface area contributed by atoms with E-state index in [0.29, 0.717) is 60.6 Å². The zero-order chi connectivity index (χ0) is 33.3. The van der Waals surface area contributed by atoms with Crippen molar-refractivity contribution in [3.05, 3.63) is 106 Å². The fraction of sp³-hybridized carbons (Fsp3) is 0.314. The van der Waals surface area contributed by atoms with Crippen molar-refractivity contribution < 1.29 is 18.8 Å². The number of fused-ring (bicyclic) bond motifs is 2. The standard InChI is InChI=1S/C35H35FN8O3/c1-20(40-19-30(45)44-14-2-3-27(44)18-37)17-35(34-41-33(42-43-34)21-6-10-26(36)11-7-21)28-12-8-24(31(38)46)15-22(28)4-5-23-16-25(32(39)47)9-13-29(23)35/h6-13,15-16,20,27,40H,2-5,14,17,19H2,1H3,(H2,38,46)(H2,39,47)(H,41,42,43)/t20-,27?/m1/s1. The largest absolute Gasteiger partial charge is 0.366 e. The maximum Gasteiger partial charge on any atom is 0.248 e. The van der Waals surface area contributed by atoms with Crippen molar-refractivity contribution in [2.24, 2.45) is 11.5 Å². The first-order valence-corrected chi connectivity index (χ1v) is 15.6. The molecule has 1 aromatic heterocycles. The van der Waals surface area contributed by atoms with Crippen molar-refractivity contribution in [3.8, 4) is 17.5 Å². The summed E-state index contributed by atoms with van der Waals surface area (Å²) in [6.07, 6.45) is 2.91. The number of rotatable bonds is 9. The number of nitriles is 1. The number of amides is 3. The fourth-order valence-corrected chi connectivity index (χ4v) is 7.01. The van der Waals surface area contributed by atoms with Crippen molar-refractivity contribution >= 4 is 17.7 Å². The lowest BCUT2D eigenvalue weighted by Crippen LogP contribution is -2.45. The average Bonchev–Trinajstić information content (AvgIpc) is 3.74. The van der Waals surface area contributed by atoms with Gasteiger partial charge in [0.15, 0.2) is 5.82 Å². The van der Waals surface area contributed by atoms with Gasteiger partial charge in [-0.15, -0.1) is 10.2 Å². The van der Waals surface area contributed by atoms with Gasteiger partial charge in [0.1, 0.15) is 17.7 Å². The lowest BCUT2D eigenvalue weighted by Gasteiger charge is -2.37. The zero-order valence-electron chi connectivity index (χ0n) is 25.9. The average molecular weight is 635 g/mol. The Morgan fingerprint density at radius 2 is 1.64 bits per heavy atom. The second kappa shape index (κ2) is 12.8. The number of nitrogens with two attached hydrogens (primary N) is 2. The van der Waals surface area contributed by atoms with Crippen LogP contribution in [-0.2, 0) is 23.1 Å². The molecule has 2 aliphatic rings. The minimum atomic E-state index is -1.02. The minimum absolute atomic E-state index is 0.0353. The van der Waals surface area contributed by atoms with E-state index >= 15 is 0 Å². The molecule has 0 bridgehead atoms. The Labute approximate surface area is 271 Å². The molecule has 6 N–H and O–H groups in total. The minimum Gasteiger partial charge on any atom is -0.366 e. The van der Waals surface area contributed by atoms with E-state index in [0.717, 1.165) is 28.7 Å². The number of H-pyrrole nitrogens is 1. The van der Waals surface area contributed by atoms with Crippen molar-refractivity contribution in [2.75, 3.05) is 13.1 Å². The van der Waals surface area contributed by atoms with Crippen LogP contribution in [0.3, 0.4) is 0 Å². The van der Waals surface area contributed by atoms with Gasteiger partial charge in [0.25, 0.3) is 0 Å². The van der Waals surface area contributed by atoms with E-state index in [1.165, 1.54) is 12.1 Å². The molecule has 1 unspecified atom stereocenters. The van der Waals surface area contributed by atoms with Gasteiger partial charge < -0.3 is 26.7 Å². The number of aryl methyl sites for hydroxylation is 2. The topological polar surface area (TPSA) is 184 Å². The van der Waals surface area contributed by atoms with Crippen LogP contribution >= 0.6 is 0 Å². The number of aromatic amines is 1. The van der Waals surface area contributed by atoms with Gasteiger partial charge in [-0.05, 0) is 110 Å². The first-order valence-electron chi connectivity index (χ1n) is 15.6. The molecule has 0 saturated carbocycles. The molecule has 12 heteroatoms. The predicted octanol–water partition coefficient (Wildman–Crippen LogP) is 3.12. The van der Waals surface area contributed by atoms with Gasteiger partial charge in [0.05, 0.1) is 18.0 Å². The number of primary amides is 2. The Morgan fingerprint density at radius 1 is 1.02 bits per heavy atom. The highest BCUT2D eigenvalue weighted by molar-refractivity contribution is 5.94. The van der Waals surface area contributed by atoms with Crippen LogP contribution in [0, 0.1) is 17.1 Å². The number of carbonyl (C=O) groups is 3. The van der Waals surface area contributed by atoms with E-state index in [-0.39, 0.29) is 24.3 Å². The summed E-state index contributed by atoms with van der Waals surface area (Å²) < 4.78 is 13.8. The number of aromatic nitrogens is 3. The number of likely N-dealkylation sites (tertiary alicyclic amines) is 1. The quantitative estimate of drug-likeness (QED) is 0.218. The summed E-state index contributed by atoms with van der Waals surface area (Å²) in [6.45, 7) is 2.55. The molecule has 1 aliphatic carbocycles. The van der Waals surface area contributed by atoms with Crippen LogP contribution < -0.4 is 16.8 Å². The number of halogens is 1. The Hall–Kier alpha value is -5.41. The number of carbonyl (C=O) groups excluding carboxylic acids is 3. The summed E-state index contributed by atoms with van der Waals surface area (Å²) in [4.78, 5) is 42.7. The Bertz CT molecular complexity index is 1830. The number of hydrogen-bond donors (Lipinski definition) is 4. The molecule has 3 aromatic carbocycles. The molecule has 1 aliphatic heterocycles. The number of benzene rings is 3. The van der Waals surface area contributed by atoms with Crippen molar-refractivity contribution in [1.82, 2.24) is 25.4 Å². The Balaban J connectivity index is 1.49. The van der Waals surface area contributed by atoms with Gasteiger partial charge >= 0.3 is 0 Å². The van der Waals surface area contributed by atoms with Crippen LogP contribution in [0.25, 0.3) is 11.4 Å². The highest BCUT2D eigenvalue weighted by Crippen LogP contribution is 2.47. The molecular formula is C35H35FN8O3. The van der Waals surface area contributed by atoms with Gasteiger partial charge in [-0.1, -0.05) is 12.1 Å². The van der Waals surface area contributed by atoms with E-state index in [1.54, 1.807) is 41.3 Å². The second-order valence-corrected chi connectivity index (χ2v) is 12.3. The summed E-state index contributed by atoms with van der Waals surface area (Å²) in [5, 5.41) is 22.0. The molecule has 6 rings (SSSR count). The number of hydrogen-bond acceptors (Lipinski definition) is 7. The van der Waals surface area contributed by atoms with Crippen LogP contribution in [0.2, 0.25) is 0 Å². The van der Waals surface area contributed by atoms with Crippen LogP contribution in [-0.4, -0.2) is 63.0 Å². The fourth-order valence-electron chi connectivity index (χ4n) is 7.01. The molecule has 4 aromatic rings. The number of nitrogens with zero attached hydrogens (tertiary/aromatic N) is 4. The predicted molar refractivity (Wildman–Crippen MR) is 171 cm³/mol. The third-order valence-electron chi connectivity index (χ3n) is 9.31. The van der Waals surface area contributed by atoms with Crippen LogP contribution in [0.1, 0.15) is 75.0 Å². The summed E-state index contributed by atoms with van der Waals surface area (Å²) in [6, 6.07) is 18.2. The molecule has 1 saturated heterocycles. The molecule has 3 amide bonds. The third kappa shape index (κ3) is 5.97. The molecule has 2 heterocycles. The van der Waals surface area contributed by atoms with Gasteiger partial charge in [-0.25, -0.2) is 4.39 Å². The molecular weight excluding hydrogens is 599 g/mol. The van der Waals surface area contributed by atoms with Crippen LogP contribution in [0.5, 0.6) is 0 Å². The van der Waals surface area contributed by atoms with Crippen molar-refractivity contribution in [3.63, 3.8) is 0 Å². The van der Waals surface area contributed by atoms with E-state index in [2.05, 4.69) is 26.6 Å². The summed E-state index contributed by atoms with van der Waals surface area (Å²) in [5.41, 5.74) is 15.2. The van der Waals surface area contributed by atoms with E-state index in [1.807, 2.05) is 19.1 Å². The molecule has 0 radical (unpaired) electrons. The zero-order valence-corrected chi connectivity index (χ0v) is 25.9. The highest BCUT2D eigenvalue weighted by Gasteiger charge is 2.45. The summed E-state index contributed by atoms with van der Waals surface area (Å²) in [5.74, 6) is -0.713. The van der Waals surface area contributed by atoms with Crippen LogP contribution in [0.4, 0.5) is 4.39 Å². The number of nitrogens with one attached hydrogen (secondary N) is 2. The van der Waals surface area contributed by atoms with E-state index in [4.69, 9.17) is 11.5 Å². The van der Waals surface area contributed by atoms with Gasteiger partial charge in [0, 0.05) is 29.3 Å². The molecule has 11 nitrogen and oxygen atoms in total. The van der Waals surface area contributed by atoms with Gasteiger partial charge in [-0.2, -0.15) is 5.26 Å². The molecule has 1 fully saturated rings. The third-order valence-corrected chi connectivity index (χ3v) is 9.31. The lowest BCUT2D eigenvalue weighted by atomic mass is 9.67. The maximum absolute atomic E-state index is 13.8. The lowest BCUT2D eigenvalue weighted by molar-refractivity contribution is -0.130. The summed E-state index contributed by atoms with van der Waals surface area (Å²) >= 11 is 0. The van der Waals surface area contributed by atoms with Gasteiger partial charge in [0.2, 0.25) is 17.7 Å². The monoisotopic (exact) mass is 634 g/mol. The summed E-state index contributed by atoms with van der Waals surface area (Å²) in [7, 11) is 0. The smallest absolute Gasteiger partial charge is 0.248 e. The second-order valence-electron chi connectivity index (χ2n) is 12.3. The molecule has 0 spiro atoms. The molecule has 47 heavy (non-hydrogen) atoms. The molecule has 240 valence electrons. The maximum atomic E-state index is 13.8. The highest BCUT2D eigenvalue weighted by atomic mass is 19.1.